The molecular formula is C12H24O7. The van der Waals surface area contributed by atoms with Gasteiger partial charge in [-0.2, -0.15) is 0 Å². The molecule has 1 aliphatic rings. The lowest BCUT2D eigenvalue weighted by Crippen LogP contribution is -2.58. The maximum atomic E-state index is 9.77. The van der Waals surface area contributed by atoms with Gasteiger partial charge < -0.3 is 35.0 Å². The summed E-state index contributed by atoms with van der Waals surface area (Å²) in [4.78, 5) is 0. The zero-order chi connectivity index (χ0) is 14.6. The van der Waals surface area contributed by atoms with E-state index in [1.54, 1.807) is 13.8 Å². The molecule has 7 heteroatoms. The quantitative estimate of drug-likeness (QED) is 0.382. The van der Waals surface area contributed by atoms with Gasteiger partial charge in [0.1, 0.15) is 24.4 Å². The van der Waals surface area contributed by atoms with Crippen LogP contribution >= 0.6 is 0 Å². The third kappa shape index (κ3) is 4.35. The van der Waals surface area contributed by atoms with Crippen molar-refractivity contribution in [2.45, 2.75) is 63.0 Å². The fourth-order valence-electron chi connectivity index (χ4n) is 1.93. The monoisotopic (exact) mass is 280 g/mol. The SMILES string of the molecule is CC(O)C(C)OCCC1OC(CO)C(O)C(O)C1O. The Hall–Kier alpha value is -0.280. The highest BCUT2D eigenvalue weighted by Crippen LogP contribution is 2.23. The normalized spacial score (nSPS) is 39.0. The molecule has 1 fully saturated rings. The fraction of sp³-hybridized carbons (Fsp3) is 1.00. The molecule has 0 aromatic carbocycles. The van der Waals surface area contributed by atoms with E-state index in [2.05, 4.69) is 0 Å². The summed E-state index contributed by atoms with van der Waals surface area (Å²) >= 11 is 0. The predicted octanol–water partition coefficient (Wildman–Crippen LogP) is -2.00. The second kappa shape index (κ2) is 7.49. The van der Waals surface area contributed by atoms with Gasteiger partial charge in [0.2, 0.25) is 0 Å². The largest absolute Gasteiger partial charge is 0.394 e. The summed E-state index contributed by atoms with van der Waals surface area (Å²) in [7, 11) is 0. The van der Waals surface area contributed by atoms with Crippen LogP contribution in [0.3, 0.4) is 0 Å². The van der Waals surface area contributed by atoms with Crippen molar-refractivity contribution in [3.8, 4) is 0 Å². The number of ether oxygens (including phenoxy) is 2. The fourth-order valence-corrected chi connectivity index (χ4v) is 1.93. The van der Waals surface area contributed by atoms with Crippen LogP contribution in [-0.2, 0) is 9.47 Å². The summed E-state index contributed by atoms with van der Waals surface area (Å²) in [6.45, 7) is 3.12. The highest BCUT2D eigenvalue weighted by molar-refractivity contribution is 4.91. The summed E-state index contributed by atoms with van der Waals surface area (Å²) in [5.74, 6) is 0. The zero-order valence-corrected chi connectivity index (χ0v) is 11.2. The molecule has 7 unspecified atom stereocenters. The number of aliphatic hydroxyl groups excluding tert-OH is 5. The number of hydrogen-bond donors (Lipinski definition) is 5. The van der Waals surface area contributed by atoms with E-state index >= 15 is 0 Å². The molecule has 114 valence electrons. The molecule has 1 heterocycles. The standard InChI is InChI=1S/C12H24O7/c1-6(14)7(2)18-4-3-8-10(15)12(17)11(16)9(5-13)19-8/h6-17H,3-5H2,1-2H3. The first-order valence-electron chi connectivity index (χ1n) is 6.48. The Kier molecular flexibility index (Phi) is 6.61. The molecule has 7 nitrogen and oxygen atoms in total. The van der Waals surface area contributed by atoms with Gasteiger partial charge in [-0.05, 0) is 20.3 Å². The van der Waals surface area contributed by atoms with Crippen molar-refractivity contribution >= 4 is 0 Å². The van der Waals surface area contributed by atoms with E-state index < -0.39 is 43.2 Å². The third-order valence-electron chi connectivity index (χ3n) is 3.45. The van der Waals surface area contributed by atoms with Crippen LogP contribution in [0.4, 0.5) is 0 Å². The van der Waals surface area contributed by atoms with Gasteiger partial charge in [0, 0.05) is 6.61 Å². The highest BCUT2D eigenvalue weighted by atomic mass is 16.5. The first kappa shape index (κ1) is 16.8. The van der Waals surface area contributed by atoms with Crippen LogP contribution in [0.5, 0.6) is 0 Å². The molecule has 1 saturated heterocycles. The van der Waals surface area contributed by atoms with Crippen molar-refractivity contribution in [2.24, 2.45) is 0 Å². The van der Waals surface area contributed by atoms with Crippen molar-refractivity contribution in [1.29, 1.82) is 0 Å². The Morgan fingerprint density at radius 1 is 1.05 bits per heavy atom. The molecule has 1 rings (SSSR count). The van der Waals surface area contributed by atoms with E-state index in [0.717, 1.165) is 0 Å². The lowest BCUT2D eigenvalue weighted by atomic mass is 9.94. The van der Waals surface area contributed by atoms with Crippen molar-refractivity contribution in [3.05, 3.63) is 0 Å². The first-order chi connectivity index (χ1) is 8.88. The van der Waals surface area contributed by atoms with Gasteiger partial charge in [-0.15, -0.1) is 0 Å². The van der Waals surface area contributed by atoms with Gasteiger partial charge in [-0.1, -0.05) is 0 Å². The Bertz CT molecular complexity index is 258. The van der Waals surface area contributed by atoms with Crippen molar-refractivity contribution in [2.75, 3.05) is 13.2 Å². The van der Waals surface area contributed by atoms with E-state index in [9.17, 15) is 20.4 Å². The van der Waals surface area contributed by atoms with Gasteiger partial charge in [-0.3, -0.25) is 0 Å². The summed E-state index contributed by atoms with van der Waals surface area (Å²) < 4.78 is 10.7. The summed E-state index contributed by atoms with van der Waals surface area (Å²) in [6, 6.07) is 0. The average Bonchev–Trinajstić information content (AvgIpc) is 2.38. The minimum absolute atomic E-state index is 0.231. The highest BCUT2D eigenvalue weighted by Gasteiger charge is 2.42. The molecule has 0 radical (unpaired) electrons. The first-order valence-corrected chi connectivity index (χ1v) is 6.48. The summed E-state index contributed by atoms with van der Waals surface area (Å²) in [5.41, 5.74) is 0. The third-order valence-corrected chi connectivity index (χ3v) is 3.45. The second-order valence-corrected chi connectivity index (χ2v) is 4.97. The second-order valence-electron chi connectivity index (χ2n) is 4.97. The number of rotatable bonds is 6. The minimum atomic E-state index is -1.36. The Morgan fingerprint density at radius 3 is 2.16 bits per heavy atom. The van der Waals surface area contributed by atoms with Gasteiger partial charge in [0.15, 0.2) is 0 Å². The van der Waals surface area contributed by atoms with Crippen LogP contribution in [0.2, 0.25) is 0 Å². The molecule has 0 aliphatic carbocycles. The van der Waals surface area contributed by atoms with Crippen LogP contribution in [0.1, 0.15) is 20.3 Å². The maximum Gasteiger partial charge on any atom is 0.111 e. The Labute approximate surface area is 112 Å². The number of aliphatic hydroxyl groups is 5. The topological polar surface area (TPSA) is 120 Å². The molecule has 0 amide bonds. The Balaban J connectivity index is 2.44. The molecule has 0 saturated carbocycles. The molecule has 5 N–H and O–H groups in total. The van der Waals surface area contributed by atoms with Crippen LogP contribution in [0.15, 0.2) is 0 Å². The molecule has 0 spiro atoms. The molecule has 7 atom stereocenters. The predicted molar refractivity (Wildman–Crippen MR) is 65.5 cm³/mol. The molecule has 0 bridgehead atoms. The summed E-state index contributed by atoms with van der Waals surface area (Å²) in [6.07, 6.45) is -6.20. The van der Waals surface area contributed by atoms with E-state index in [0.29, 0.717) is 6.42 Å². The van der Waals surface area contributed by atoms with E-state index in [4.69, 9.17) is 14.6 Å². The van der Waals surface area contributed by atoms with E-state index in [1.807, 2.05) is 0 Å². The zero-order valence-electron chi connectivity index (χ0n) is 11.2. The molecule has 1 aliphatic heterocycles. The van der Waals surface area contributed by atoms with Gasteiger partial charge in [-0.25, -0.2) is 0 Å². The number of hydrogen-bond acceptors (Lipinski definition) is 7. The maximum absolute atomic E-state index is 9.77. The van der Waals surface area contributed by atoms with E-state index in [1.165, 1.54) is 0 Å². The molecular weight excluding hydrogens is 256 g/mol. The van der Waals surface area contributed by atoms with Crippen LogP contribution in [-0.4, -0.2) is 81.5 Å². The average molecular weight is 280 g/mol. The van der Waals surface area contributed by atoms with Crippen molar-refractivity contribution < 1.29 is 35.0 Å². The van der Waals surface area contributed by atoms with Crippen LogP contribution in [0, 0.1) is 0 Å². The molecule has 19 heavy (non-hydrogen) atoms. The lowest BCUT2D eigenvalue weighted by molar-refractivity contribution is -0.233. The van der Waals surface area contributed by atoms with Gasteiger partial charge >= 0.3 is 0 Å². The molecule has 0 aromatic rings. The van der Waals surface area contributed by atoms with E-state index in [-0.39, 0.29) is 12.7 Å². The lowest BCUT2D eigenvalue weighted by Gasteiger charge is -2.40. The Morgan fingerprint density at radius 2 is 1.63 bits per heavy atom. The van der Waals surface area contributed by atoms with Crippen LogP contribution < -0.4 is 0 Å². The van der Waals surface area contributed by atoms with Gasteiger partial charge in [0.25, 0.3) is 0 Å². The molecule has 0 aromatic heterocycles. The van der Waals surface area contributed by atoms with Crippen molar-refractivity contribution in [1.82, 2.24) is 0 Å². The van der Waals surface area contributed by atoms with Crippen LogP contribution in [0.25, 0.3) is 0 Å². The summed E-state index contributed by atoms with van der Waals surface area (Å²) in [5, 5.41) is 47.3. The minimum Gasteiger partial charge on any atom is -0.394 e. The smallest absolute Gasteiger partial charge is 0.111 e. The van der Waals surface area contributed by atoms with Crippen molar-refractivity contribution in [3.63, 3.8) is 0 Å². The van der Waals surface area contributed by atoms with Gasteiger partial charge in [0.05, 0.1) is 24.9 Å².